The van der Waals surface area contributed by atoms with Crippen molar-refractivity contribution < 1.29 is 0 Å². The summed E-state index contributed by atoms with van der Waals surface area (Å²) in [6.45, 7) is 4.53. The molecule has 0 fully saturated rings. The fourth-order valence-corrected chi connectivity index (χ4v) is 2.11. The van der Waals surface area contributed by atoms with Crippen molar-refractivity contribution in [3.8, 4) is 0 Å². The van der Waals surface area contributed by atoms with Crippen LogP contribution in [0.2, 0.25) is 10.0 Å². The molecule has 0 radical (unpaired) electrons. The lowest BCUT2D eigenvalue weighted by atomic mass is 10.2. The Bertz CT molecular complexity index is 568. The second-order valence-corrected chi connectivity index (χ2v) is 5.02. The molecule has 0 aliphatic heterocycles. The number of halogens is 2. The predicted octanol–water partition coefficient (Wildman–Crippen LogP) is 4.62. The van der Waals surface area contributed by atoms with Gasteiger partial charge in [-0.25, -0.2) is 0 Å². The number of nitrogens with zero attached hydrogens (tertiary/aromatic N) is 1. The molecule has 2 rings (SSSR count). The molecular formula is C14H14Cl2N2. The average molecular weight is 281 g/mol. The predicted molar refractivity (Wildman–Crippen MR) is 77.5 cm³/mol. The Morgan fingerprint density at radius 2 is 1.89 bits per heavy atom. The van der Waals surface area contributed by atoms with Gasteiger partial charge in [-0.2, -0.15) is 0 Å². The van der Waals surface area contributed by atoms with E-state index < -0.39 is 0 Å². The van der Waals surface area contributed by atoms with Crippen LogP contribution in [0.25, 0.3) is 0 Å². The number of pyridine rings is 1. The molecule has 0 aliphatic rings. The lowest BCUT2D eigenvalue weighted by Crippen LogP contribution is -2.03. The monoisotopic (exact) mass is 280 g/mol. The van der Waals surface area contributed by atoms with E-state index in [0.29, 0.717) is 16.6 Å². The molecule has 4 heteroatoms. The molecule has 1 heterocycles. The van der Waals surface area contributed by atoms with Crippen molar-refractivity contribution >= 4 is 28.9 Å². The fraction of sp³-hybridized carbons (Fsp3) is 0.214. The summed E-state index contributed by atoms with van der Waals surface area (Å²) >= 11 is 12.2. The molecule has 0 bridgehead atoms. The highest BCUT2D eigenvalue weighted by atomic mass is 35.5. The molecule has 0 saturated carbocycles. The van der Waals surface area contributed by atoms with Crippen molar-refractivity contribution in [1.82, 2.24) is 4.98 Å². The number of aryl methyl sites for hydroxylation is 2. The van der Waals surface area contributed by atoms with Crippen LogP contribution < -0.4 is 5.32 Å². The van der Waals surface area contributed by atoms with E-state index >= 15 is 0 Å². The quantitative estimate of drug-likeness (QED) is 0.888. The highest BCUT2D eigenvalue weighted by Gasteiger charge is 2.04. The Morgan fingerprint density at radius 1 is 1.11 bits per heavy atom. The molecule has 0 aliphatic carbocycles. The summed E-state index contributed by atoms with van der Waals surface area (Å²) in [4.78, 5) is 4.42. The molecular weight excluding hydrogens is 267 g/mol. The van der Waals surface area contributed by atoms with Crippen LogP contribution in [0.3, 0.4) is 0 Å². The summed E-state index contributed by atoms with van der Waals surface area (Å²) in [5.41, 5.74) is 3.78. The van der Waals surface area contributed by atoms with Crippen LogP contribution in [-0.4, -0.2) is 4.98 Å². The molecule has 0 spiro atoms. The van der Waals surface area contributed by atoms with Gasteiger partial charge in [0.1, 0.15) is 0 Å². The van der Waals surface area contributed by atoms with E-state index in [2.05, 4.69) is 10.3 Å². The number of aromatic nitrogens is 1. The van der Waals surface area contributed by atoms with Crippen molar-refractivity contribution in [3.05, 3.63) is 57.3 Å². The van der Waals surface area contributed by atoms with Crippen molar-refractivity contribution in [2.24, 2.45) is 0 Å². The molecule has 1 aromatic heterocycles. The van der Waals surface area contributed by atoms with Crippen LogP contribution >= 0.6 is 23.2 Å². The van der Waals surface area contributed by atoms with Crippen molar-refractivity contribution in [3.63, 3.8) is 0 Å². The van der Waals surface area contributed by atoms with Gasteiger partial charge in [-0.3, -0.25) is 4.98 Å². The molecule has 2 nitrogen and oxygen atoms in total. The molecule has 0 amide bonds. The maximum Gasteiger partial charge on any atom is 0.0641 e. The van der Waals surface area contributed by atoms with Gasteiger partial charge in [0, 0.05) is 10.7 Å². The minimum absolute atomic E-state index is 0.626. The molecule has 1 N–H and O–H groups in total. The normalized spacial score (nSPS) is 10.4. The first-order valence-electron chi connectivity index (χ1n) is 5.68. The second kappa shape index (κ2) is 5.59. The van der Waals surface area contributed by atoms with Gasteiger partial charge in [-0.05, 0) is 43.7 Å². The first kappa shape index (κ1) is 13.2. The van der Waals surface area contributed by atoms with Crippen molar-refractivity contribution in [2.45, 2.75) is 20.4 Å². The first-order chi connectivity index (χ1) is 8.56. The summed E-state index contributed by atoms with van der Waals surface area (Å²) in [5.74, 6) is 0. The molecule has 2 aromatic rings. The van der Waals surface area contributed by atoms with E-state index in [9.17, 15) is 0 Å². The molecule has 94 valence electrons. The Balaban J connectivity index is 2.13. The Morgan fingerprint density at radius 3 is 2.61 bits per heavy atom. The van der Waals surface area contributed by atoms with Crippen LogP contribution in [0.4, 0.5) is 5.69 Å². The number of benzene rings is 1. The number of anilines is 1. The van der Waals surface area contributed by atoms with E-state index in [0.717, 1.165) is 22.6 Å². The highest BCUT2D eigenvalue weighted by Crippen LogP contribution is 2.28. The largest absolute Gasteiger partial charge is 0.378 e. The van der Waals surface area contributed by atoms with Crippen molar-refractivity contribution in [2.75, 3.05) is 5.32 Å². The van der Waals surface area contributed by atoms with Gasteiger partial charge < -0.3 is 5.32 Å². The third-order valence-electron chi connectivity index (χ3n) is 2.65. The maximum atomic E-state index is 6.16. The third kappa shape index (κ3) is 3.15. The topological polar surface area (TPSA) is 24.9 Å². The van der Waals surface area contributed by atoms with Gasteiger partial charge in [0.05, 0.1) is 22.9 Å². The van der Waals surface area contributed by atoms with Crippen LogP contribution in [0, 0.1) is 13.8 Å². The Hall–Kier alpha value is -1.25. The molecule has 18 heavy (non-hydrogen) atoms. The average Bonchev–Trinajstić information content (AvgIpc) is 2.32. The lowest BCUT2D eigenvalue weighted by molar-refractivity contribution is 1.02. The zero-order valence-corrected chi connectivity index (χ0v) is 11.8. The maximum absolute atomic E-state index is 6.16. The second-order valence-electron chi connectivity index (χ2n) is 4.21. The minimum Gasteiger partial charge on any atom is -0.378 e. The molecule has 0 saturated heterocycles. The number of hydrogen-bond donors (Lipinski definition) is 1. The standard InChI is InChI=1S/C14H14Cl2N2/c1-9-6-13(16)14(7-12(9)15)17-8-11-5-3-4-10(2)18-11/h3-7,17H,8H2,1-2H3. The van der Waals surface area contributed by atoms with E-state index in [1.807, 2.05) is 44.2 Å². The fourth-order valence-electron chi connectivity index (χ4n) is 1.67. The summed E-state index contributed by atoms with van der Waals surface area (Å²) in [6, 6.07) is 9.64. The van der Waals surface area contributed by atoms with Crippen LogP contribution in [-0.2, 0) is 6.54 Å². The van der Waals surface area contributed by atoms with Gasteiger partial charge in [-0.1, -0.05) is 29.3 Å². The van der Waals surface area contributed by atoms with E-state index in [-0.39, 0.29) is 0 Å². The smallest absolute Gasteiger partial charge is 0.0641 e. The van der Waals surface area contributed by atoms with Crippen LogP contribution in [0.15, 0.2) is 30.3 Å². The summed E-state index contributed by atoms with van der Waals surface area (Å²) in [6.07, 6.45) is 0. The zero-order chi connectivity index (χ0) is 13.1. The number of nitrogens with one attached hydrogen (secondary N) is 1. The van der Waals surface area contributed by atoms with Crippen molar-refractivity contribution in [1.29, 1.82) is 0 Å². The minimum atomic E-state index is 0.626. The molecule has 1 aromatic carbocycles. The zero-order valence-electron chi connectivity index (χ0n) is 10.3. The first-order valence-corrected chi connectivity index (χ1v) is 6.44. The van der Waals surface area contributed by atoms with Gasteiger partial charge >= 0.3 is 0 Å². The van der Waals surface area contributed by atoms with E-state index in [1.54, 1.807) is 0 Å². The Labute approximate surface area is 117 Å². The molecule has 0 unspecified atom stereocenters. The molecule has 0 atom stereocenters. The van der Waals surface area contributed by atoms with Gasteiger partial charge in [0.25, 0.3) is 0 Å². The number of hydrogen-bond acceptors (Lipinski definition) is 2. The van der Waals surface area contributed by atoms with Crippen LogP contribution in [0.5, 0.6) is 0 Å². The summed E-state index contributed by atoms with van der Waals surface area (Å²) in [7, 11) is 0. The van der Waals surface area contributed by atoms with Gasteiger partial charge in [0.2, 0.25) is 0 Å². The van der Waals surface area contributed by atoms with Crippen LogP contribution in [0.1, 0.15) is 17.0 Å². The van der Waals surface area contributed by atoms with E-state index in [1.165, 1.54) is 0 Å². The number of rotatable bonds is 3. The Kier molecular flexibility index (Phi) is 4.10. The van der Waals surface area contributed by atoms with Gasteiger partial charge in [0.15, 0.2) is 0 Å². The third-order valence-corrected chi connectivity index (χ3v) is 3.37. The van der Waals surface area contributed by atoms with E-state index in [4.69, 9.17) is 23.2 Å². The lowest BCUT2D eigenvalue weighted by Gasteiger charge is -2.10. The summed E-state index contributed by atoms with van der Waals surface area (Å²) < 4.78 is 0. The SMILES string of the molecule is Cc1cccc(CNc2cc(Cl)c(C)cc2Cl)n1. The highest BCUT2D eigenvalue weighted by molar-refractivity contribution is 6.35. The summed E-state index contributed by atoms with van der Waals surface area (Å²) in [5, 5.41) is 4.62. The van der Waals surface area contributed by atoms with Gasteiger partial charge in [-0.15, -0.1) is 0 Å².